The van der Waals surface area contributed by atoms with E-state index >= 15 is 0 Å². The van der Waals surface area contributed by atoms with Crippen LogP contribution < -0.4 is 43.4 Å². The molecule has 464 valence electrons. The minimum atomic E-state index is -1.67. The fraction of sp³-hybridized carbons (Fsp3) is 0.509. The number of H-pyrrole nitrogens is 1. The number of para-hydroxylation sites is 1. The molecule has 0 unspecified atom stereocenters. The van der Waals surface area contributed by atoms with Gasteiger partial charge in [0, 0.05) is 67.1 Å². The third-order valence-corrected chi connectivity index (χ3v) is 19.2. The van der Waals surface area contributed by atoms with Gasteiger partial charge in [-0.15, -0.1) is 0 Å². The van der Waals surface area contributed by atoms with E-state index in [9.17, 15) is 47.9 Å². The number of primary amides is 1. The van der Waals surface area contributed by atoms with Gasteiger partial charge in [-0.3, -0.25) is 43.2 Å². The molecule has 6 heterocycles. The summed E-state index contributed by atoms with van der Waals surface area (Å²) in [6.07, 6.45) is 6.95. The molecule has 0 aliphatic carbocycles. The Labute approximate surface area is 514 Å². The lowest BCUT2D eigenvalue weighted by Gasteiger charge is -2.30. The predicted octanol–water partition coefficient (Wildman–Crippen LogP) is 1.57. The van der Waals surface area contributed by atoms with Crippen LogP contribution in [0.3, 0.4) is 0 Å². The molecule has 3 aromatic heterocycles. The predicted molar refractivity (Wildman–Crippen MR) is 328 cm³/mol. The molecule has 8 atom stereocenters. The topological polar surface area (TPSA) is 355 Å². The van der Waals surface area contributed by atoms with Crippen molar-refractivity contribution >= 4 is 113 Å². The van der Waals surface area contributed by atoms with Crippen LogP contribution in [0.5, 0.6) is 0 Å². The highest BCUT2D eigenvalue weighted by molar-refractivity contribution is 8.77. The summed E-state index contributed by atoms with van der Waals surface area (Å²) in [6, 6.07) is 8.00. The average Bonchev–Trinajstić information content (AvgIpc) is 4.03. The molecule has 25 nitrogen and oxygen atoms in total. The molecule has 3 aliphatic rings. The van der Waals surface area contributed by atoms with Crippen LogP contribution >= 0.6 is 43.2 Å². The molecule has 3 aliphatic heterocycles. The number of amides is 9. The first-order chi connectivity index (χ1) is 41.4. The fourth-order valence-corrected chi connectivity index (χ4v) is 14.2. The highest BCUT2D eigenvalue weighted by atomic mass is 33.1. The SMILES string of the molecule is CN(C)CCCC[C@@H]1NC(=O)[C@H](CSSc2ccccn2)NC(=O)C[C@@H](C(=O)N2CCC[C@H]2C(N)=O)NC(=O)[C@H](CCCCNC(=O)[C@@H](N)CSSc2ccccn2)NC(=O)[C@@H]2CCCN2C(=O)COC(=O)[C@H](Cc2c[nH]c3ccccc23)NC1=O. The van der Waals surface area contributed by atoms with Crippen molar-refractivity contribution in [3.63, 3.8) is 0 Å². The van der Waals surface area contributed by atoms with Crippen molar-refractivity contribution in [2.45, 2.75) is 135 Å². The lowest BCUT2D eigenvalue weighted by Crippen LogP contribution is -2.60. The number of nitrogens with zero attached hydrogens (tertiary/aromatic N) is 5. The summed E-state index contributed by atoms with van der Waals surface area (Å²) in [6.45, 7) is 0.173. The number of nitrogens with one attached hydrogen (secondary N) is 7. The van der Waals surface area contributed by atoms with Crippen LogP contribution in [0, 0.1) is 0 Å². The van der Waals surface area contributed by atoms with E-state index in [4.69, 9.17) is 16.2 Å². The summed E-state index contributed by atoms with van der Waals surface area (Å²) in [5.41, 5.74) is 13.4. The molecule has 29 heteroatoms. The number of pyridine rings is 2. The maximum absolute atomic E-state index is 14.8. The minimum Gasteiger partial charge on any atom is -0.454 e. The van der Waals surface area contributed by atoms with Gasteiger partial charge in [-0.25, -0.2) is 14.8 Å². The first kappa shape index (κ1) is 66.6. The van der Waals surface area contributed by atoms with Gasteiger partial charge in [-0.2, -0.15) is 0 Å². The Bertz CT molecular complexity index is 2980. The van der Waals surface area contributed by atoms with E-state index in [1.807, 2.05) is 55.4 Å². The van der Waals surface area contributed by atoms with Gasteiger partial charge in [-0.1, -0.05) is 51.9 Å². The Kier molecular flexibility index (Phi) is 26.2. The first-order valence-corrected chi connectivity index (χ1v) is 33.3. The summed E-state index contributed by atoms with van der Waals surface area (Å²) in [4.78, 5) is 158. The smallest absolute Gasteiger partial charge is 0.329 e. The van der Waals surface area contributed by atoms with Crippen LogP contribution in [0.1, 0.15) is 76.2 Å². The molecular formula is C57H76N14O11S4. The molecule has 11 N–H and O–H groups in total. The second-order valence-electron chi connectivity index (χ2n) is 21.3. The Morgan fingerprint density at radius 2 is 1.38 bits per heavy atom. The van der Waals surface area contributed by atoms with Crippen molar-refractivity contribution in [1.82, 2.24) is 61.6 Å². The van der Waals surface area contributed by atoms with Gasteiger partial charge in [-0.05, 0) is 142 Å². The zero-order chi connectivity index (χ0) is 61.5. The molecule has 3 saturated heterocycles. The van der Waals surface area contributed by atoms with E-state index in [2.05, 4.69) is 46.9 Å². The number of ether oxygens (including phenoxy) is 1. The molecule has 86 heavy (non-hydrogen) atoms. The number of rotatable bonds is 23. The fourth-order valence-electron chi connectivity index (χ4n) is 10.1. The highest BCUT2D eigenvalue weighted by Gasteiger charge is 2.41. The number of cyclic esters (lactones) is 1. The highest BCUT2D eigenvalue weighted by Crippen LogP contribution is 2.31. The van der Waals surface area contributed by atoms with Crippen molar-refractivity contribution in [3.8, 4) is 0 Å². The molecule has 9 amide bonds. The quantitative estimate of drug-likeness (QED) is 0.0289. The van der Waals surface area contributed by atoms with Crippen LogP contribution in [0.4, 0.5) is 0 Å². The molecular weight excluding hydrogens is 1180 g/mol. The summed E-state index contributed by atoms with van der Waals surface area (Å²) >= 11 is 0. The van der Waals surface area contributed by atoms with Gasteiger partial charge < -0.3 is 67.8 Å². The van der Waals surface area contributed by atoms with Crippen molar-refractivity contribution < 1.29 is 52.7 Å². The second-order valence-corrected chi connectivity index (χ2v) is 26.1. The lowest BCUT2D eigenvalue weighted by molar-refractivity contribution is -0.155. The van der Waals surface area contributed by atoms with Crippen LogP contribution in [-0.2, 0) is 59.1 Å². The number of carbonyl (C=O) groups is 10. The summed E-state index contributed by atoms with van der Waals surface area (Å²) < 4.78 is 5.70. The number of benzene rings is 1. The minimum absolute atomic E-state index is 0.0532. The van der Waals surface area contributed by atoms with Gasteiger partial charge in [0.15, 0.2) is 6.61 Å². The van der Waals surface area contributed by atoms with E-state index < -0.39 is 120 Å². The molecule has 0 spiro atoms. The number of esters is 1. The average molecular weight is 1260 g/mol. The largest absolute Gasteiger partial charge is 0.454 e. The zero-order valence-corrected chi connectivity index (χ0v) is 51.3. The second kappa shape index (κ2) is 33.8. The van der Waals surface area contributed by atoms with Crippen molar-refractivity contribution in [2.75, 3.05) is 58.4 Å². The van der Waals surface area contributed by atoms with E-state index in [0.717, 1.165) is 15.9 Å². The summed E-state index contributed by atoms with van der Waals surface area (Å²) in [5.74, 6) is -7.52. The zero-order valence-electron chi connectivity index (χ0n) is 48.1. The molecule has 1 aromatic carbocycles. The van der Waals surface area contributed by atoms with Crippen LogP contribution in [0.2, 0.25) is 0 Å². The van der Waals surface area contributed by atoms with Crippen LogP contribution in [-0.4, -0.2) is 196 Å². The van der Waals surface area contributed by atoms with Gasteiger partial charge in [0.1, 0.15) is 52.3 Å². The lowest BCUT2D eigenvalue weighted by atomic mass is 10.0. The van der Waals surface area contributed by atoms with Crippen molar-refractivity contribution in [2.24, 2.45) is 11.5 Å². The molecule has 0 bridgehead atoms. The van der Waals surface area contributed by atoms with Gasteiger partial charge in [0.2, 0.25) is 47.3 Å². The van der Waals surface area contributed by atoms with E-state index in [-0.39, 0.29) is 63.9 Å². The molecule has 0 saturated carbocycles. The number of hydrogen-bond acceptors (Lipinski definition) is 19. The number of likely N-dealkylation sites (tertiary alicyclic amines) is 1. The number of carbonyl (C=O) groups excluding carboxylic acids is 10. The number of fused-ring (bicyclic) bond motifs is 2. The Hall–Kier alpha value is -6.92. The standard InChI is InChI=1S/C57H76N14O11S4/c1-69(2)26-12-8-18-39-53(77)68-42(29-35-31-63-38-16-4-3-15-36(35)38)57(81)82-32-49(73)70-27-14-20-45(70)55(79)66-40(17-5-9-25-62-51(75)37(58)33-83-85-47-21-6-10-23-60-47)52(76)67-41(56(80)71-28-13-19-44(71)50(59)74)30-46(72)64-43(54(78)65-39)34-84-86-48-22-7-11-24-61-48/h3-4,6-7,10-11,15-16,21-24,31,37,39-45,63H,5,8-9,12-14,17-20,25-30,32-34,58H2,1-2H3,(H2,59,74)(H,62,75)(H,64,72)(H,65,78)(H,66,79)(H,67,76)(H,68,77)/t37-,39-,40-,41-,42-,43-,44-,45-/m0/s1. The summed E-state index contributed by atoms with van der Waals surface area (Å²) in [7, 11) is 8.96. The molecule has 0 radical (unpaired) electrons. The Balaban J connectivity index is 1.18. The third kappa shape index (κ3) is 20.1. The number of nitrogens with two attached hydrogens (primary N) is 2. The maximum Gasteiger partial charge on any atom is 0.329 e. The van der Waals surface area contributed by atoms with E-state index in [1.54, 1.807) is 42.9 Å². The number of aromatic amines is 1. The molecule has 3 fully saturated rings. The Morgan fingerprint density at radius 3 is 2.08 bits per heavy atom. The molecule has 7 rings (SSSR count). The number of unbranched alkanes of at least 4 members (excludes halogenated alkanes) is 2. The monoisotopic (exact) mass is 1260 g/mol. The summed E-state index contributed by atoms with van der Waals surface area (Å²) in [5, 5.41) is 18.7. The first-order valence-electron chi connectivity index (χ1n) is 28.7. The number of aromatic nitrogens is 3. The maximum atomic E-state index is 14.8. The van der Waals surface area contributed by atoms with Crippen molar-refractivity contribution in [1.29, 1.82) is 0 Å². The van der Waals surface area contributed by atoms with E-state index in [0.29, 0.717) is 55.0 Å². The van der Waals surface area contributed by atoms with Gasteiger partial charge in [0.25, 0.3) is 5.91 Å². The molecule has 4 aromatic rings. The normalized spacial score (nSPS) is 22.6. The Morgan fingerprint density at radius 1 is 0.744 bits per heavy atom. The van der Waals surface area contributed by atoms with Crippen LogP contribution in [0.25, 0.3) is 10.9 Å². The van der Waals surface area contributed by atoms with Gasteiger partial charge >= 0.3 is 5.97 Å². The van der Waals surface area contributed by atoms with Crippen molar-refractivity contribution in [3.05, 3.63) is 84.8 Å². The van der Waals surface area contributed by atoms with E-state index in [1.165, 1.54) is 53.0 Å². The van der Waals surface area contributed by atoms with Gasteiger partial charge in [0.05, 0.1) is 12.5 Å². The number of hydrogen-bond donors (Lipinski definition) is 9. The third-order valence-electron chi connectivity index (χ3n) is 14.6. The van der Waals surface area contributed by atoms with Crippen LogP contribution in [0.15, 0.2) is 89.3 Å².